The number of rotatable bonds is 2. The standard InChI is InChI=1S/C15H17NO3S/c1-11-2-6-15(7-3-11)20(18,19)16-9-12-4-5-14(17)8-13(12)10-16/h2-3,6-7H,4-5,8-10H2,1H3. The van der Waals surface area contributed by atoms with E-state index in [1.54, 1.807) is 24.3 Å². The molecule has 106 valence electrons. The zero-order valence-electron chi connectivity index (χ0n) is 11.4. The van der Waals surface area contributed by atoms with Crippen LogP contribution >= 0.6 is 0 Å². The number of ketones is 1. The van der Waals surface area contributed by atoms with Crippen LogP contribution < -0.4 is 0 Å². The first kappa shape index (κ1) is 13.5. The molecule has 1 aliphatic carbocycles. The lowest BCUT2D eigenvalue weighted by atomic mass is 9.93. The fourth-order valence-corrected chi connectivity index (χ4v) is 4.22. The zero-order valence-corrected chi connectivity index (χ0v) is 12.2. The second-order valence-electron chi connectivity index (χ2n) is 5.51. The number of hydrogen-bond acceptors (Lipinski definition) is 3. The van der Waals surface area contributed by atoms with Crippen molar-refractivity contribution in [3.05, 3.63) is 41.0 Å². The SMILES string of the molecule is Cc1ccc(S(=O)(=O)N2CC3=C(CC(=O)CC3)C2)cc1. The molecular weight excluding hydrogens is 274 g/mol. The van der Waals surface area contributed by atoms with Crippen LogP contribution in [0.15, 0.2) is 40.3 Å². The highest BCUT2D eigenvalue weighted by Gasteiger charge is 2.34. The van der Waals surface area contributed by atoms with Gasteiger partial charge in [-0.3, -0.25) is 4.79 Å². The smallest absolute Gasteiger partial charge is 0.243 e. The van der Waals surface area contributed by atoms with Crippen LogP contribution in [0.3, 0.4) is 0 Å². The topological polar surface area (TPSA) is 54.5 Å². The Morgan fingerprint density at radius 1 is 1.00 bits per heavy atom. The number of carbonyl (C=O) groups is 1. The van der Waals surface area contributed by atoms with Gasteiger partial charge in [-0.25, -0.2) is 8.42 Å². The van der Waals surface area contributed by atoms with E-state index >= 15 is 0 Å². The third kappa shape index (κ3) is 2.31. The van der Waals surface area contributed by atoms with Gasteiger partial charge in [-0.05, 0) is 31.1 Å². The first-order chi connectivity index (χ1) is 9.46. The van der Waals surface area contributed by atoms with Crippen LogP contribution in [-0.4, -0.2) is 31.6 Å². The van der Waals surface area contributed by atoms with Crippen molar-refractivity contribution < 1.29 is 13.2 Å². The minimum atomic E-state index is -3.45. The van der Waals surface area contributed by atoms with Crippen molar-refractivity contribution in [2.45, 2.75) is 31.1 Å². The summed E-state index contributed by atoms with van der Waals surface area (Å²) in [6.07, 6.45) is 1.70. The van der Waals surface area contributed by atoms with E-state index in [-0.39, 0.29) is 5.78 Å². The maximum Gasteiger partial charge on any atom is 0.243 e. The van der Waals surface area contributed by atoms with Gasteiger partial charge in [0.25, 0.3) is 0 Å². The molecule has 0 amide bonds. The van der Waals surface area contributed by atoms with Crippen LogP contribution in [0.25, 0.3) is 0 Å². The molecule has 3 rings (SSSR count). The molecule has 0 atom stereocenters. The molecule has 0 aromatic heterocycles. The lowest BCUT2D eigenvalue weighted by molar-refractivity contribution is -0.118. The van der Waals surface area contributed by atoms with E-state index in [2.05, 4.69) is 0 Å². The van der Waals surface area contributed by atoms with Crippen molar-refractivity contribution in [1.29, 1.82) is 0 Å². The fraction of sp³-hybridized carbons (Fsp3) is 0.400. The predicted octanol–water partition coefficient (Wildman–Crippen LogP) is 2.05. The highest BCUT2D eigenvalue weighted by Crippen LogP contribution is 2.32. The molecule has 0 bridgehead atoms. The summed E-state index contributed by atoms with van der Waals surface area (Å²) in [6, 6.07) is 6.90. The average molecular weight is 291 g/mol. The van der Waals surface area contributed by atoms with E-state index in [0.717, 1.165) is 16.7 Å². The Morgan fingerprint density at radius 3 is 2.35 bits per heavy atom. The molecule has 1 heterocycles. The summed E-state index contributed by atoms with van der Waals surface area (Å²) < 4.78 is 26.7. The van der Waals surface area contributed by atoms with Crippen LogP contribution in [0.4, 0.5) is 0 Å². The molecule has 4 nitrogen and oxygen atoms in total. The Labute approximate surface area is 119 Å². The van der Waals surface area contributed by atoms with Gasteiger partial charge in [0, 0.05) is 25.9 Å². The third-order valence-corrected chi connectivity index (χ3v) is 5.82. The van der Waals surface area contributed by atoms with Gasteiger partial charge >= 0.3 is 0 Å². The van der Waals surface area contributed by atoms with Gasteiger partial charge in [0.05, 0.1) is 4.90 Å². The lowest BCUT2D eigenvalue weighted by Crippen LogP contribution is -2.29. The summed E-state index contributed by atoms with van der Waals surface area (Å²) in [5.74, 6) is 0.221. The fourth-order valence-electron chi connectivity index (χ4n) is 2.79. The Hall–Kier alpha value is -1.46. The van der Waals surface area contributed by atoms with E-state index in [0.29, 0.717) is 37.2 Å². The van der Waals surface area contributed by atoms with Crippen molar-refractivity contribution in [2.24, 2.45) is 0 Å². The van der Waals surface area contributed by atoms with Crippen LogP contribution in [0.2, 0.25) is 0 Å². The number of Topliss-reactive ketones (excluding diaryl/α,β-unsaturated/α-hetero) is 1. The summed E-state index contributed by atoms with van der Waals surface area (Å²) in [7, 11) is -3.45. The van der Waals surface area contributed by atoms with Gasteiger partial charge in [-0.1, -0.05) is 23.3 Å². The molecule has 1 aromatic carbocycles. The van der Waals surface area contributed by atoms with Gasteiger partial charge in [-0.15, -0.1) is 0 Å². The van der Waals surface area contributed by atoms with Crippen molar-refractivity contribution in [3.8, 4) is 0 Å². The Kier molecular flexibility index (Phi) is 3.26. The lowest BCUT2D eigenvalue weighted by Gasteiger charge is -2.16. The van der Waals surface area contributed by atoms with E-state index in [4.69, 9.17) is 0 Å². The molecule has 0 radical (unpaired) electrons. The number of benzene rings is 1. The van der Waals surface area contributed by atoms with Gasteiger partial charge in [0.1, 0.15) is 5.78 Å². The van der Waals surface area contributed by atoms with Crippen LogP contribution in [-0.2, 0) is 14.8 Å². The normalized spacial score (nSPS) is 20.4. The summed E-state index contributed by atoms with van der Waals surface area (Å²) in [5, 5.41) is 0. The maximum absolute atomic E-state index is 12.6. The Morgan fingerprint density at radius 2 is 1.65 bits per heavy atom. The molecule has 0 fully saturated rings. The monoisotopic (exact) mass is 291 g/mol. The summed E-state index contributed by atoms with van der Waals surface area (Å²) in [6.45, 7) is 2.74. The van der Waals surface area contributed by atoms with E-state index in [1.165, 1.54) is 4.31 Å². The number of sulfonamides is 1. The quantitative estimate of drug-likeness (QED) is 0.784. The minimum absolute atomic E-state index is 0.221. The second-order valence-corrected chi connectivity index (χ2v) is 7.45. The van der Waals surface area contributed by atoms with Crippen molar-refractivity contribution in [3.63, 3.8) is 0 Å². The van der Waals surface area contributed by atoms with Crippen molar-refractivity contribution >= 4 is 15.8 Å². The minimum Gasteiger partial charge on any atom is -0.299 e. The molecule has 1 aromatic rings. The van der Waals surface area contributed by atoms with Gasteiger partial charge in [0.15, 0.2) is 0 Å². The first-order valence-electron chi connectivity index (χ1n) is 6.75. The zero-order chi connectivity index (χ0) is 14.3. The molecule has 0 saturated heterocycles. The van der Waals surface area contributed by atoms with Crippen molar-refractivity contribution in [2.75, 3.05) is 13.1 Å². The molecule has 0 saturated carbocycles. The molecular formula is C15H17NO3S. The first-order valence-corrected chi connectivity index (χ1v) is 8.19. The number of aryl methyl sites for hydroxylation is 1. The van der Waals surface area contributed by atoms with Crippen LogP contribution in [0, 0.1) is 6.92 Å². The molecule has 20 heavy (non-hydrogen) atoms. The van der Waals surface area contributed by atoms with E-state index < -0.39 is 10.0 Å². The molecule has 5 heteroatoms. The van der Waals surface area contributed by atoms with E-state index in [1.807, 2.05) is 6.92 Å². The second kappa shape index (κ2) is 4.82. The van der Waals surface area contributed by atoms with Crippen molar-refractivity contribution in [1.82, 2.24) is 4.31 Å². The summed E-state index contributed by atoms with van der Waals surface area (Å²) in [5.41, 5.74) is 3.19. The predicted molar refractivity (Wildman–Crippen MR) is 75.8 cm³/mol. The summed E-state index contributed by atoms with van der Waals surface area (Å²) >= 11 is 0. The Bertz CT molecular complexity index is 686. The Balaban J connectivity index is 1.85. The van der Waals surface area contributed by atoms with Gasteiger partial charge < -0.3 is 0 Å². The molecule has 0 unspecified atom stereocenters. The highest BCUT2D eigenvalue weighted by molar-refractivity contribution is 7.89. The average Bonchev–Trinajstić information content (AvgIpc) is 2.83. The molecule has 2 aliphatic rings. The van der Waals surface area contributed by atoms with Crippen LogP contribution in [0.1, 0.15) is 24.8 Å². The van der Waals surface area contributed by atoms with Gasteiger partial charge in [0.2, 0.25) is 10.0 Å². The molecule has 1 aliphatic heterocycles. The molecule has 0 N–H and O–H groups in total. The van der Waals surface area contributed by atoms with Gasteiger partial charge in [-0.2, -0.15) is 4.31 Å². The number of hydrogen-bond donors (Lipinski definition) is 0. The van der Waals surface area contributed by atoms with Crippen LogP contribution in [0.5, 0.6) is 0 Å². The third-order valence-electron chi connectivity index (χ3n) is 4.01. The highest BCUT2D eigenvalue weighted by atomic mass is 32.2. The number of nitrogens with zero attached hydrogens (tertiary/aromatic N) is 1. The summed E-state index contributed by atoms with van der Waals surface area (Å²) in [4.78, 5) is 11.8. The maximum atomic E-state index is 12.6. The number of carbonyl (C=O) groups excluding carboxylic acids is 1. The molecule has 0 spiro atoms. The largest absolute Gasteiger partial charge is 0.299 e. The van der Waals surface area contributed by atoms with E-state index in [9.17, 15) is 13.2 Å².